The Bertz CT molecular complexity index is 787. The Labute approximate surface area is 146 Å². The first kappa shape index (κ1) is 19.3. The van der Waals surface area contributed by atoms with Crippen LogP contribution < -0.4 is 5.32 Å². The lowest BCUT2D eigenvalue weighted by Crippen LogP contribution is -2.24. The van der Waals surface area contributed by atoms with Gasteiger partial charge in [-0.15, -0.1) is 0 Å². The summed E-state index contributed by atoms with van der Waals surface area (Å²) in [7, 11) is 1.20. The second-order valence-electron chi connectivity index (χ2n) is 5.30. The first-order chi connectivity index (χ1) is 12.3. The minimum absolute atomic E-state index is 0.0383. The fourth-order valence-corrected chi connectivity index (χ4v) is 2.02. The van der Waals surface area contributed by atoms with E-state index in [0.29, 0.717) is 22.8 Å². The summed E-state index contributed by atoms with van der Waals surface area (Å²) in [5.41, 5.74) is 0.319. The van der Waals surface area contributed by atoms with E-state index in [1.54, 1.807) is 12.1 Å². The van der Waals surface area contributed by atoms with E-state index in [-0.39, 0.29) is 12.1 Å². The van der Waals surface area contributed by atoms with Crippen LogP contribution in [0.2, 0.25) is 0 Å². The van der Waals surface area contributed by atoms with Crippen LogP contribution >= 0.6 is 0 Å². The molecule has 2 amide bonds. The van der Waals surface area contributed by atoms with Gasteiger partial charge in [0.2, 0.25) is 0 Å². The predicted molar refractivity (Wildman–Crippen MR) is 83.7 cm³/mol. The van der Waals surface area contributed by atoms with Gasteiger partial charge in [-0.25, -0.2) is 23.0 Å². The van der Waals surface area contributed by atoms with Crippen LogP contribution in [0.1, 0.15) is 21.5 Å². The van der Waals surface area contributed by atoms with E-state index in [4.69, 9.17) is 9.94 Å². The van der Waals surface area contributed by atoms with Crippen LogP contribution in [0.5, 0.6) is 0 Å². The lowest BCUT2D eigenvalue weighted by Gasteiger charge is -2.10. The van der Waals surface area contributed by atoms with Crippen LogP contribution in [0.4, 0.5) is 18.0 Å². The molecule has 0 aliphatic carbocycles. The van der Waals surface area contributed by atoms with Gasteiger partial charge >= 0.3 is 6.09 Å². The summed E-state index contributed by atoms with van der Waals surface area (Å²) in [5.74, 6) is -3.95. The van der Waals surface area contributed by atoms with Crippen molar-refractivity contribution < 1.29 is 32.7 Å². The molecule has 0 saturated carbocycles. The number of rotatable bonds is 5. The zero-order valence-electron chi connectivity index (χ0n) is 13.6. The summed E-state index contributed by atoms with van der Waals surface area (Å²) in [5, 5.41) is 11.9. The third-order valence-electron chi connectivity index (χ3n) is 3.39. The number of carbonyl (C=O) groups is 2. The average Bonchev–Trinajstić information content (AvgIpc) is 2.58. The van der Waals surface area contributed by atoms with Crippen molar-refractivity contribution in [1.29, 1.82) is 0 Å². The molecule has 0 aromatic heterocycles. The summed E-state index contributed by atoms with van der Waals surface area (Å²) in [6, 6.07) is 7.01. The van der Waals surface area contributed by atoms with Crippen LogP contribution in [0, 0.1) is 17.5 Å². The molecule has 0 atom stereocenters. The molecule has 6 nitrogen and oxygen atoms in total. The second kappa shape index (κ2) is 8.34. The second-order valence-corrected chi connectivity index (χ2v) is 5.30. The minimum Gasteiger partial charge on any atom is -0.444 e. The van der Waals surface area contributed by atoms with Crippen molar-refractivity contribution in [2.45, 2.75) is 13.2 Å². The molecular formula is C17H15F3N2O4. The standard InChI is InChI=1S/C17H15F3N2O4/c1-22(25)16(23)11-4-2-10(3-5-11)8-21-17(24)26-9-13-14(19)6-12(18)7-15(13)20/h2-7,25H,8-9H2,1H3,(H,21,24). The van der Waals surface area contributed by atoms with Crippen LogP contribution in [-0.4, -0.2) is 29.3 Å². The van der Waals surface area contributed by atoms with Crippen molar-refractivity contribution in [3.8, 4) is 0 Å². The fourth-order valence-electron chi connectivity index (χ4n) is 2.02. The summed E-state index contributed by atoms with van der Waals surface area (Å²) < 4.78 is 44.4. The zero-order chi connectivity index (χ0) is 19.3. The van der Waals surface area contributed by atoms with E-state index < -0.39 is 41.6 Å². The highest BCUT2D eigenvalue weighted by atomic mass is 19.1. The number of nitrogens with zero attached hydrogens (tertiary/aromatic N) is 1. The molecule has 0 unspecified atom stereocenters. The molecule has 26 heavy (non-hydrogen) atoms. The number of alkyl carbamates (subject to hydrolysis) is 1. The number of carbonyl (C=O) groups excluding carboxylic acids is 2. The Morgan fingerprint density at radius 1 is 1.12 bits per heavy atom. The Kier molecular flexibility index (Phi) is 6.18. The van der Waals surface area contributed by atoms with E-state index in [0.717, 1.165) is 0 Å². The maximum absolute atomic E-state index is 13.4. The highest BCUT2D eigenvalue weighted by Crippen LogP contribution is 2.15. The molecule has 2 rings (SSSR count). The molecule has 2 aromatic rings. The SMILES string of the molecule is CN(O)C(=O)c1ccc(CNC(=O)OCc2c(F)cc(F)cc2F)cc1. The third-order valence-corrected chi connectivity index (χ3v) is 3.39. The fraction of sp³-hybridized carbons (Fsp3) is 0.176. The Morgan fingerprint density at radius 3 is 2.23 bits per heavy atom. The summed E-state index contributed by atoms with van der Waals surface area (Å²) in [6.45, 7) is -0.656. The van der Waals surface area contributed by atoms with E-state index in [9.17, 15) is 22.8 Å². The Balaban J connectivity index is 1.87. The zero-order valence-corrected chi connectivity index (χ0v) is 13.6. The first-order valence-corrected chi connectivity index (χ1v) is 7.38. The van der Waals surface area contributed by atoms with Crippen molar-refractivity contribution >= 4 is 12.0 Å². The summed E-state index contributed by atoms with van der Waals surface area (Å²) in [4.78, 5) is 23.1. The van der Waals surface area contributed by atoms with Gasteiger partial charge in [0.15, 0.2) is 0 Å². The predicted octanol–water partition coefficient (Wildman–Crippen LogP) is 2.99. The quantitative estimate of drug-likeness (QED) is 0.628. The Hall–Kier alpha value is -3.07. The van der Waals surface area contributed by atoms with Crippen LogP contribution in [0.3, 0.4) is 0 Å². The van der Waals surface area contributed by atoms with Gasteiger partial charge in [-0.3, -0.25) is 10.0 Å². The summed E-state index contributed by atoms with van der Waals surface area (Å²) >= 11 is 0. The monoisotopic (exact) mass is 368 g/mol. The van der Waals surface area contributed by atoms with Gasteiger partial charge < -0.3 is 10.1 Å². The molecule has 0 saturated heterocycles. The highest BCUT2D eigenvalue weighted by molar-refractivity contribution is 5.93. The Morgan fingerprint density at radius 2 is 1.69 bits per heavy atom. The van der Waals surface area contributed by atoms with Crippen molar-refractivity contribution in [2.75, 3.05) is 7.05 Å². The van der Waals surface area contributed by atoms with Gasteiger partial charge in [0, 0.05) is 31.3 Å². The lowest BCUT2D eigenvalue weighted by molar-refractivity contribution is -0.0374. The van der Waals surface area contributed by atoms with E-state index in [2.05, 4.69) is 5.32 Å². The van der Waals surface area contributed by atoms with E-state index in [1.165, 1.54) is 19.2 Å². The molecule has 0 spiro atoms. The lowest BCUT2D eigenvalue weighted by atomic mass is 10.1. The molecule has 0 bridgehead atoms. The molecule has 0 aliphatic rings. The van der Waals surface area contributed by atoms with Crippen LogP contribution in [0.15, 0.2) is 36.4 Å². The first-order valence-electron chi connectivity index (χ1n) is 7.38. The number of hydrogen-bond acceptors (Lipinski definition) is 4. The number of halogens is 3. The molecule has 138 valence electrons. The van der Waals surface area contributed by atoms with Gasteiger partial charge in [-0.05, 0) is 17.7 Å². The van der Waals surface area contributed by atoms with Crippen molar-refractivity contribution in [3.63, 3.8) is 0 Å². The minimum atomic E-state index is -1.15. The third kappa shape index (κ3) is 4.96. The van der Waals surface area contributed by atoms with E-state index in [1.807, 2.05) is 0 Å². The van der Waals surface area contributed by atoms with Gasteiger partial charge in [-0.1, -0.05) is 12.1 Å². The smallest absolute Gasteiger partial charge is 0.407 e. The molecule has 0 fully saturated rings. The molecule has 0 aliphatic heterocycles. The average molecular weight is 368 g/mol. The number of benzene rings is 2. The number of amides is 2. The van der Waals surface area contributed by atoms with Gasteiger partial charge in [0.25, 0.3) is 5.91 Å². The van der Waals surface area contributed by atoms with Crippen molar-refractivity contribution in [3.05, 3.63) is 70.5 Å². The number of nitrogens with one attached hydrogen (secondary N) is 1. The molecule has 2 aromatic carbocycles. The highest BCUT2D eigenvalue weighted by Gasteiger charge is 2.14. The largest absolute Gasteiger partial charge is 0.444 e. The number of hydrogen-bond donors (Lipinski definition) is 2. The maximum Gasteiger partial charge on any atom is 0.407 e. The topological polar surface area (TPSA) is 78.9 Å². The van der Waals surface area contributed by atoms with Crippen LogP contribution in [-0.2, 0) is 17.9 Å². The molecule has 0 radical (unpaired) electrons. The summed E-state index contributed by atoms with van der Waals surface area (Å²) in [6.07, 6.45) is -0.927. The van der Waals surface area contributed by atoms with Crippen molar-refractivity contribution in [2.24, 2.45) is 0 Å². The molecular weight excluding hydrogens is 353 g/mol. The number of hydroxylamine groups is 2. The maximum atomic E-state index is 13.4. The van der Waals surface area contributed by atoms with E-state index >= 15 is 0 Å². The molecule has 0 heterocycles. The van der Waals surface area contributed by atoms with Gasteiger partial charge in [0.05, 0.1) is 5.56 Å². The van der Waals surface area contributed by atoms with Gasteiger partial charge in [-0.2, -0.15) is 0 Å². The molecule has 9 heteroatoms. The van der Waals surface area contributed by atoms with Gasteiger partial charge in [0.1, 0.15) is 24.1 Å². The van der Waals surface area contributed by atoms with Crippen molar-refractivity contribution in [1.82, 2.24) is 10.4 Å². The normalized spacial score (nSPS) is 10.3. The molecule has 2 N–H and O–H groups in total. The van der Waals surface area contributed by atoms with Crippen LogP contribution in [0.25, 0.3) is 0 Å². The number of ether oxygens (including phenoxy) is 1.